The van der Waals surface area contributed by atoms with Gasteiger partial charge in [0.05, 0.1) is 29.0 Å². The van der Waals surface area contributed by atoms with Gasteiger partial charge in [-0.15, -0.1) is 0 Å². The Bertz CT molecular complexity index is 1340. The number of methoxy groups -OCH3 is 1. The Morgan fingerprint density at radius 1 is 1.03 bits per heavy atom. The molecule has 0 unspecified atom stereocenters. The van der Waals surface area contributed by atoms with E-state index < -0.39 is 4.92 Å². The highest BCUT2D eigenvalue weighted by Gasteiger charge is 2.35. The van der Waals surface area contributed by atoms with E-state index in [2.05, 4.69) is 15.9 Å². The van der Waals surface area contributed by atoms with E-state index in [9.17, 15) is 19.7 Å². The molecular formula is C25H19BrN2O6S. The molecule has 1 aliphatic rings. The first-order chi connectivity index (χ1) is 16.9. The lowest BCUT2D eigenvalue weighted by atomic mass is 10.1. The molecule has 3 aromatic rings. The van der Waals surface area contributed by atoms with Gasteiger partial charge in [-0.25, -0.2) is 0 Å². The number of imide groups is 1. The number of nitrogens with zero attached hydrogens (tertiary/aromatic N) is 2. The highest BCUT2D eigenvalue weighted by Crippen LogP contribution is 2.36. The third kappa shape index (κ3) is 5.55. The molecule has 178 valence electrons. The molecule has 35 heavy (non-hydrogen) atoms. The highest BCUT2D eigenvalue weighted by molar-refractivity contribution is 9.10. The fraction of sp³-hybridized carbons (Fsp3) is 0.120. The van der Waals surface area contributed by atoms with Crippen LogP contribution in [-0.4, -0.2) is 28.1 Å². The Kier molecular flexibility index (Phi) is 7.52. The maximum atomic E-state index is 12.9. The Hall–Kier alpha value is -3.63. The maximum Gasteiger partial charge on any atom is 0.293 e. The monoisotopic (exact) mass is 554 g/mol. The van der Waals surface area contributed by atoms with Gasteiger partial charge in [0.25, 0.3) is 16.8 Å². The number of benzene rings is 3. The first-order valence-corrected chi connectivity index (χ1v) is 12.0. The number of carbonyl (C=O) groups is 2. The Balaban J connectivity index is 1.50. The number of amides is 2. The number of rotatable bonds is 8. The average Bonchev–Trinajstić information content (AvgIpc) is 3.11. The van der Waals surface area contributed by atoms with Crippen LogP contribution < -0.4 is 9.47 Å². The van der Waals surface area contributed by atoms with E-state index in [-0.39, 0.29) is 30.0 Å². The minimum atomic E-state index is -0.456. The average molecular weight is 555 g/mol. The van der Waals surface area contributed by atoms with Gasteiger partial charge in [0.1, 0.15) is 6.61 Å². The first kappa shape index (κ1) is 24.5. The lowest BCUT2D eigenvalue weighted by Gasteiger charge is -2.13. The zero-order valence-electron chi connectivity index (χ0n) is 18.5. The molecule has 0 aromatic heterocycles. The van der Waals surface area contributed by atoms with Crippen molar-refractivity contribution in [2.75, 3.05) is 7.11 Å². The van der Waals surface area contributed by atoms with Gasteiger partial charge >= 0.3 is 0 Å². The summed E-state index contributed by atoms with van der Waals surface area (Å²) in [6.07, 6.45) is 1.62. The van der Waals surface area contributed by atoms with Crippen molar-refractivity contribution < 1.29 is 24.0 Å². The highest BCUT2D eigenvalue weighted by atomic mass is 79.9. The second kappa shape index (κ2) is 10.7. The molecule has 1 saturated heterocycles. The van der Waals surface area contributed by atoms with Crippen molar-refractivity contribution in [3.63, 3.8) is 0 Å². The van der Waals surface area contributed by atoms with Gasteiger partial charge in [0.15, 0.2) is 11.5 Å². The number of hydrogen-bond donors (Lipinski definition) is 0. The fourth-order valence-corrected chi connectivity index (χ4v) is 4.69. The molecule has 0 spiro atoms. The summed E-state index contributed by atoms with van der Waals surface area (Å²) in [6, 6.07) is 18.8. The van der Waals surface area contributed by atoms with Gasteiger partial charge in [-0.1, -0.05) is 52.3 Å². The largest absolute Gasteiger partial charge is 0.493 e. The number of hydrogen-bond acceptors (Lipinski definition) is 7. The third-order valence-corrected chi connectivity index (χ3v) is 6.90. The maximum absolute atomic E-state index is 12.9. The van der Waals surface area contributed by atoms with E-state index in [1.165, 1.54) is 18.1 Å². The standard InChI is InChI=1S/C25H19BrN2O6S/c1-33-22-12-16(10-11-21(22)34-15-18-7-3-5-9-20(18)28(31)32)13-23-24(29)27(25(30)35-23)14-17-6-2-4-8-19(17)26/h2-13H,14-15H2,1H3/b23-13-. The minimum absolute atomic E-state index is 0.0131. The normalized spacial score (nSPS) is 14.5. The van der Waals surface area contributed by atoms with Crippen LogP contribution in [0.4, 0.5) is 10.5 Å². The fourth-order valence-electron chi connectivity index (χ4n) is 3.44. The Labute approximate surface area is 213 Å². The molecule has 0 aliphatic carbocycles. The minimum Gasteiger partial charge on any atom is -0.493 e. The molecule has 1 fully saturated rings. The van der Waals surface area contributed by atoms with Crippen LogP contribution in [0.2, 0.25) is 0 Å². The van der Waals surface area contributed by atoms with Crippen LogP contribution in [0.15, 0.2) is 76.1 Å². The predicted octanol–water partition coefficient (Wildman–Crippen LogP) is 6.18. The number of halogens is 1. The molecule has 3 aromatic carbocycles. The van der Waals surface area contributed by atoms with E-state index in [4.69, 9.17) is 9.47 Å². The smallest absolute Gasteiger partial charge is 0.293 e. The van der Waals surface area contributed by atoms with Crippen molar-refractivity contribution in [1.29, 1.82) is 0 Å². The van der Waals surface area contributed by atoms with Crippen molar-refractivity contribution in [2.24, 2.45) is 0 Å². The van der Waals surface area contributed by atoms with Crippen LogP contribution in [0.1, 0.15) is 16.7 Å². The van der Waals surface area contributed by atoms with Crippen LogP contribution in [0.5, 0.6) is 11.5 Å². The molecule has 0 atom stereocenters. The van der Waals surface area contributed by atoms with Crippen molar-refractivity contribution in [3.05, 3.63) is 103 Å². The van der Waals surface area contributed by atoms with E-state index >= 15 is 0 Å². The van der Waals surface area contributed by atoms with Crippen LogP contribution in [-0.2, 0) is 17.9 Å². The van der Waals surface area contributed by atoms with E-state index in [1.807, 2.05) is 24.3 Å². The third-order valence-electron chi connectivity index (χ3n) is 5.22. The molecule has 0 radical (unpaired) electrons. The van der Waals surface area contributed by atoms with Crippen molar-refractivity contribution in [2.45, 2.75) is 13.2 Å². The summed E-state index contributed by atoms with van der Waals surface area (Å²) in [4.78, 5) is 37.7. The Morgan fingerprint density at radius 2 is 1.74 bits per heavy atom. The lowest BCUT2D eigenvalue weighted by Crippen LogP contribution is -2.27. The SMILES string of the molecule is COc1cc(/C=C2\SC(=O)N(Cc3ccccc3Br)C2=O)ccc1OCc1ccccc1[N+](=O)[O-]. The van der Waals surface area contributed by atoms with E-state index in [0.29, 0.717) is 27.5 Å². The van der Waals surface area contributed by atoms with Crippen LogP contribution >= 0.6 is 27.7 Å². The number of nitro benzene ring substituents is 1. The zero-order chi connectivity index (χ0) is 24.9. The second-order valence-corrected chi connectivity index (χ2v) is 9.29. The van der Waals surface area contributed by atoms with Crippen molar-refractivity contribution >= 4 is 50.6 Å². The second-order valence-electron chi connectivity index (χ2n) is 7.44. The zero-order valence-corrected chi connectivity index (χ0v) is 20.9. The molecule has 1 aliphatic heterocycles. The summed E-state index contributed by atoms with van der Waals surface area (Å²) in [5, 5.41) is 10.9. The number of thioether (sulfide) groups is 1. The van der Waals surface area contributed by atoms with E-state index in [0.717, 1.165) is 21.8 Å². The number of para-hydroxylation sites is 1. The molecule has 1 heterocycles. The quantitative estimate of drug-likeness (QED) is 0.186. The number of ether oxygens (including phenoxy) is 2. The van der Waals surface area contributed by atoms with Gasteiger partial charge in [-0.05, 0) is 53.2 Å². The summed E-state index contributed by atoms with van der Waals surface area (Å²) >= 11 is 4.32. The van der Waals surface area contributed by atoms with Crippen molar-refractivity contribution in [1.82, 2.24) is 4.90 Å². The van der Waals surface area contributed by atoms with Gasteiger partial charge in [-0.2, -0.15) is 0 Å². The molecule has 0 N–H and O–H groups in total. The summed E-state index contributed by atoms with van der Waals surface area (Å²) in [5.41, 5.74) is 1.88. The molecule has 4 rings (SSSR count). The van der Waals surface area contributed by atoms with Crippen LogP contribution in [0, 0.1) is 10.1 Å². The number of carbonyl (C=O) groups excluding carboxylic acids is 2. The number of nitro groups is 1. The first-order valence-electron chi connectivity index (χ1n) is 10.4. The van der Waals surface area contributed by atoms with Crippen molar-refractivity contribution in [3.8, 4) is 11.5 Å². The Morgan fingerprint density at radius 3 is 2.46 bits per heavy atom. The molecule has 2 amide bonds. The van der Waals surface area contributed by atoms with Gasteiger partial charge in [-0.3, -0.25) is 24.6 Å². The summed E-state index contributed by atoms with van der Waals surface area (Å²) in [5.74, 6) is 0.418. The van der Waals surface area contributed by atoms with Crippen LogP contribution in [0.25, 0.3) is 6.08 Å². The van der Waals surface area contributed by atoms with Gasteiger partial charge in [0.2, 0.25) is 0 Å². The lowest BCUT2D eigenvalue weighted by molar-refractivity contribution is -0.385. The molecule has 0 bridgehead atoms. The molecule has 0 saturated carbocycles. The summed E-state index contributed by atoms with van der Waals surface area (Å²) in [6.45, 7) is 0.159. The molecule has 10 heteroatoms. The summed E-state index contributed by atoms with van der Waals surface area (Å²) in [7, 11) is 1.47. The van der Waals surface area contributed by atoms with E-state index in [1.54, 1.807) is 42.5 Å². The summed E-state index contributed by atoms with van der Waals surface area (Å²) < 4.78 is 12.0. The van der Waals surface area contributed by atoms with Crippen LogP contribution in [0.3, 0.4) is 0 Å². The topological polar surface area (TPSA) is 99.0 Å². The predicted molar refractivity (Wildman–Crippen MR) is 136 cm³/mol. The molecule has 8 nitrogen and oxygen atoms in total. The van der Waals surface area contributed by atoms with Gasteiger partial charge < -0.3 is 9.47 Å². The molecular weight excluding hydrogens is 536 g/mol. The van der Waals surface area contributed by atoms with Gasteiger partial charge in [0, 0.05) is 10.5 Å².